The van der Waals surface area contributed by atoms with Crippen LogP contribution >= 0.6 is 0 Å². The van der Waals surface area contributed by atoms with E-state index in [1.165, 1.54) is 0 Å². The first kappa shape index (κ1) is 5.29. The van der Waals surface area contributed by atoms with E-state index in [9.17, 15) is 0 Å². The molecule has 1 radical (unpaired) electrons. The van der Waals surface area contributed by atoms with Crippen LogP contribution in [0.15, 0.2) is 30.6 Å². The Morgan fingerprint density at radius 3 is 2.12 bits per heavy atom. The van der Waals surface area contributed by atoms with Crippen molar-refractivity contribution >= 4 is 0 Å². The third kappa shape index (κ3) is 1.06. The summed E-state index contributed by atoms with van der Waals surface area (Å²) in [7, 11) is 0. The first-order valence-electron chi connectivity index (χ1n) is 2.67. The van der Waals surface area contributed by atoms with Crippen LogP contribution in [0, 0.1) is 6.92 Å². The van der Waals surface area contributed by atoms with Gasteiger partial charge in [0.05, 0.1) is 0 Å². The van der Waals surface area contributed by atoms with E-state index in [1.807, 2.05) is 35.2 Å². The van der Waals surface area contributed by atoms with Gasteiger partial charge in [-0.2, -0.15) is 0 Å². The van der Waals surface area contributed by atoms with Crippen LogP contribution in [-0.2, 0) is 6.54 Å². The van der Waals surface area contributed by atoms with Gasteiger partial charge in [0.25, 0.3) is 0 Å². The summed E-state index contributed by atoms with van der Waals surface area (Å²) in [5.41, 5.74) is 0. The van der Waals surface area contributed by atoms with Crippen molar-refractivity contribution in [2.24, 2.45) is 0 Å². The average molecular weight is 107 g/mol. The van der Waals surface area contributed by atoms with Gasteiger partial charge in [0.2, 0.25) is 0 Å². The number of nitrogens with zero attached hydrogens (tertiary/aromatic N) is 1. The molecule has 1 aromatic heterocycles. The zero-order valence-electron chi connectivity index (χ0n) is 4.75. The molecule has 0 aliphatic heterocycles. The quantitative estimate of drug-likeness (QED) is 0.467. The topological polar surface area (TPSA) is 3.88 Å². The molecule has 1 rings (SSSR count). The molecule has 0 spiro atoms. The fourth-order valence-electron chi connectivity index (χ4n) is 0.583. The van der Waals surface area contributed by atoms with Crippen molar-refractivity contribution in [3.63, 3.8) is 0 Å². The SMILES string of the molecule is [CH2]C[n+]1ccccc1. The monoisotopic (exact) mass is 107 g/mol. The van der Waals surface area contributed by atoms with E-state index >= 15 is 0 Å². The van der Waals surface area contributed by atoms with Crippen molar-refractivity contribution in [3.8, 4) is 0 Å². The summed E-state index contributed by atoms with van der Waals surface area (Å²) >= 11 is 0. The molecule has 0 aliphatic rings. The van der Waals surface area contributed by atoms with Crippen LogP contribution in [0.2, 0.25) is 0 Å². The Kier molecular flexibility index (Phi) is 1.62. The Morgan fingerprint density at radius 2 is 1.75 bits per heavy atom. The minimum atomic E-state index is 0.806. The predicted molar refractivity (Wildman–Crippen MR) is 32.0 cm³/mol. The standard InChI is InChI=1S/C7H9N/c1-2-8-6-4-3-5-7-8/h3-7H,1-2H2/q+1. The van der Waals surface area contributed by atoms with E-state index in [-0.39, 0.29) is 0 Å². The minimum Gasteiger partial charge on any atom is -0.205 e. The predicted octanol–water partition coefficient (Wildman–Crippen LogP) is 0.808. The second-order valence-electron chi connectivity index (χ2n) is 1.61. The number of rotatable bonds is 1. The van der Waals surface area contributed by atoms with Crippen molar-refractivity contribution < 1.29 is 4.57 Å². The van der Waals surface area contributed by atoms with Crippen LogP contribution in [0.3, 0.4) is 0 Å². The van der Waals surface area contributed by atoms with Crippen molar-refractivity contribution in [1.29, 1.82) is 0 Å². The van der Waals surface area contributed by atoms with E-state index < -0.39 is 0 Å². The first-order chi connectivity index (χ1) is 3.93. The molecular formula is C7H9N+. The molecule has 0 unspecified atom stereocenters. The second kappa shape index (κ2) is 2.46. The lowest BCUT2D eigenvalue weighted by molar-refractivity contribution is -0.687. The van der Waals surface area contributed by atoms with Gasteiger partial charge in [-0.05, 0) is 0 Å². The Balaban J connectivity index is 2.83. The molecule has 1 heterocycles. The summed E-state index contributed by atoms with van der Waals surface area (Å²) in [4.78, 5) is 0. The third-order valence-electron chi connectivity index (χ3n) is 1.04. The molecule has 0 saturated heterocycles. The second-order valence-corrected chi connectivity index (χ2v) is 1.61. The Labute approximate surface area is 49.6 Å². The maximum absolute atomic E-state index is 3.72. The number of hydrogen-bond acceptors (Lipinski definition) is 0. The van der Waals surface area contributed by atoms with Crippen LogP contribution in [0.5, 0.6) is 0 Å². The molecule has 0 atom stereocenters. The Hall–Kier alpha value is -0.850. The maximum Gasteiger partial charge on any atom is 0.168 e. The highest BCUT2D eigenvalue weighted by Crippen LogP contribution is 1.74. The van der Waals surface area contributed by atoms with Gasteiger partial charge in [-0.15, -0.1) is 0 Å². The van der Waals surface area contributed by atoms with Crippen molar-refractivity contribution in [2.75, 3.05) is 0 Å². The highest BCUT2D eigenvalue weighted by molar-refractivity contribution is 4.83. The van der Waals surface area contributed by atoms with Crippen LogP contribution < -0.4 is 4.57 Å². The van der Waals surface area contributed by atoms with Gasteiger partial charge in [-0.3, -0.25) is 0 Å². The van der Waals surface area contributed by atoms with Crippen molar-refractivity contribution in [1.82, 2.24) is 0 Å². The van der Waals surface area contributed by atoms with Gasteiger partial charge >= 0.3 is 0 Å². The van der Waals surface area contributed by atoms with Crippen LogP contribution in [-0.4, -0.2) is 0 Å². The average Bonchev–Trinajstić information content (AvgIpc) is 1.90. The van der Waals surface area contributed by atoms with Gasteiger partial charge in [-0.25, -0.2) is 4.57 Å². The molecule has 0 aliphatic carbocycles. The molecule has 41 valence electrons. The Morgan fingerprint density at radius 1 is 1.12 bits per heavy atom. The van der Waals surface area contributed by atoms with Gasteiger partial charge in [-0.1, -0.05) is 6.07 Å². The normalized spacial score (nSPS) is 9.12. The molecule has 0 saturated carbocycles. The lowest BCUT2D eigenvalue weighted by Crippen LogP contribution is -2.30. The molecule has 0 bridgehead atoms. The summed E-state index contributed by atoms with van der Waals surface area (Å²) in [6.07, 6.45) is 3.99. The lowest BCUT2D eigenvalue weighted by Gasteiger charge is -1.84. The smallest absolute Gasteiger partial charge is 0.168 e. The highest BCUT2D eigenvalue weighted by atomic mass is 14.9. The van der Waals surface area contributed by atoms with E-state index in [4.69, 9.17) is 0 Å². The molecule has 0 fully saturated rings. The summed E-state index contributed by atoms with van der Waals surface area (Å²) in [6, 6.07) is 5.97. The molecule has 1 nitrogen and oxygen atoms in total. The first-order valence-corrected chi connectivity index (χ1v) is 2.67. The molecule has 1 aromatic rings. The van der Waals surface area contributed by atoms with Crippen LogP contribution in [0.25, 0.3) is 0 Å². The van der Waals surface area contributed by atoms with Gasteiger partial charge in [0.1, 0.15) is 6.54 Å². The third-order valence-corrected chi connectivity index (χ3v) is 1.04. The van der Waals surface area contributed by atoms with Crippen LogP contribution in [0.4, 0.5) is 0 Å². The molecule has 8 heavy (non-hydrogen) atoms. The molecule has 0 amide bonds. The fourth-order valence-corrected chi connectivity index (χ4v) is 0.583. The van der Waals surface area contributed by atoms with E-state index in [2.05, 4.69) is 6.92 Å². The van der Waals surface area contributed by atoms with E-state index in [1.54, 1.807) is 0 Å². The molecule has 1 heteroatoms. The van der Waals surface area contributed by atoms with Crippen molar-refractivity contribution in [2.45, 2.75) is 6.54 Å². The van der Waals surface area contributed by atoms with Gasteiger partial charge in [0.15, 0.2) is 12.4 Å². The number of hydrogen-bond donors (Lipinski definition) is 0. The number of aromatic nitrogens is 1. The lowest BCUT2D eigenvalue weighted by atomic mass is 10.5. The van der Waals surface area contributed by atoms with E-state index in [0.717, 1.165) is 6.54 Å². The summed E-state index contributed by atoms with van der Waals surface area (Å²) in [5.74, 6) is 0. The largest absolute Gasteiger partial charge is 0.205 e. The zero-order chi connectivity index (χ0) is 5.82. The molecular weight excluding hydrogens is 98.1 g/mol. The molecule has 0 aromatic carbocycles. The van der Waals surface area contributed by atoms with Gasteiger partial charge in [0, 0.05) is 19.1 Å². The zero-order valence-corrected chi connectivity index (χ0v) is 4.75. The molecule has 0 N–H and O–H groups in total. The van der Waals surface area contributed by atoms with Crippen molar-refractivity contribution in [3.05, 3.63) is 37.5 Å². The Bertz CT molecular complexity index is 146. The minimum absolute atomic E-state index is 0.806. The van der Waals surface area contributed by atoms with Crippen LogP contribution in [0.1, 0.15) is 0 Å². The number of pyridine rings is 1. The summed E-state index contributed by atoms with van der Waals surface area (Å²) in [6.45, 7) is 4.53. The summed E-state index contributed by atoms with van der Waals surface area (Å²) < 4.78 is 2.01. The summed E-state index contributed by atoms with van der Waals surface area (Å²) in [5, 5.41) is 0. The highest BCUT2D eigenvalue weighted by Gasteiger charge is 1.86. The fraction of sp³-hybridized carbons (Fsp3) is 0.143. The maximum atomic E-state index is 3.72. The van der Waals surface area contributed by atoms with E-state index in [0.29, 0.717) is 0 Å². The van der Waals surface area contributed by atoms with Gasteiger partial charge < -0.3 is 0 Å².